The maximum atomic E-state index is 13.1. The molecule has 6 aromatic rings. The topological polar surface area (TPSA) is 152 Å². The molecule has 0 atom stereocenters. The number of pyridine rings is 1. The fourth-order valence-corrected chi connectivity index (χ4v) is 13.7. The molecule has 64 heavy (non-hydrogen) atoms. The lowest BCUT2D eigenvalue weighted by Gasteiger charge is -2.33. The Labute approximate surface area is 396 Å². The Hall–Kier alpha value is -4.05. The van der Waals surface area contributed by atoms with Gasteiger partial charge in [0.1, 0.15) is 8.42 Å². The summed E-state index contributed by atoms with van der Waals surface area (Å²) in [5.41, 5.74) is 2.18. The van der Waals surface area contributed by atoms with Gasteiger partial charge in [0.15, 0.2) is 0 Å². The number of rotatable bonds is 15. The van der Waals surface area contributed by atoms with Crippen molar-refractivity contribution in [2.75, 3.05) is 58.9 Å². The molecule has 2 amide bonds. The number of hydrogen-bond donors (Lipinski definition) is 2. The van der Waals surface area contributed by atoms with E-state index >= 15 is 0 Å². The first kappa shape index (κ1) is 47.9. The zero-order valence-corrected chi connectivity index (χ0v) is 40.2. The molecule has 0 aliphatic carbocycles. The van der Waals surface area contributed by atoms with Gasteiger partial charge in [0, 0.05) is 114 Å². The predicted octanol–water partition coefficient (Wildman–Crippen LogP) is 7.18. The summed E-state index contributed by atoms with van der Waals surface area (Å²) in [5.74, 6) is -0.456. The van der Waals surface area contributed by atoms with Crippen LogP contribution in [0.2, 0.25) is 10.0 Å². The van der Waals surface area contributed by atoms with Crippen LogP contribution >= 0.6 is 57.2 Å². The van der Waals surface area contributed by atoms with Gasteiger partial charge in [-0.3, -0.25) is 19.5 Å². The number of nitrogens with one attached hydrogen (secondary N) is 2. The summed E-state index contributed by atoms with van der Waals surface area (Å²) in [6.07, 6.45) is 4.53. The zero-order valence-electron chi connectivity index (χ0n) is 34.6. The maximum absolute atomic E-state index is 13.1. The quantitative estimate of drug-likeness (QED) is 0.109. The Bertz CT molecular complexity index is 2670. The average molecular weight is 1000 g/mol. The van der Waals surface area contributed by atoms with E-state index in [2.05, 4.69) is 42.9 Å². The van der Waals surface area contributed by atoms with Gasteiger partial charge in [0.25, 0.3) is 31.9 Å². The fraction of sp³-hybridized carbons (Fsp3) is 0.295. The molecule has 2 N–H and O–H groups in total. The Morgan fingerprint density at radius 1 is 0.578 bits per heavy atom. The minimum absolute atomic E-state index is 0.224. The van der Waals surface area contributed by atoms with Crippen molar-refractivity contribution in [3.63, 3.8) is 0 Å². The van der Waals surface area contributed by atoms with E-state index < -0.39 is 20.0 Å². The van der Waals surface area contributed by atoms with Gasteiger partial charge < -0.3 is 15.5 Å². The summed E-state index contributed by atoms with van der Waals surface area (Å²) in [6.45, 7) is 6.99. The van der Waals surface area contributed by atoms with Crippen LogP contribution in [0.25, 0.3) is 0 Å². The van der Waals surface area contributed by atoms with Crippen LogP contribution in [0.15, 0.2) is 123 Å². The molecule has 0 radical (unpaired) electrons. The number of carbonyl (C=O) groups is 2. The monoisotopic (exact) mass is 999 g/mol. The van der Waals surface area contributed by atoms with E-state index in [-0.39, 0.29) is 24.9 Å². The van der Waals surface area contributed by atoms with Crippen LogP contribution in [-0.4, -0.2) is 111 Å². The Morgan fingerprint density at radius 3 is 1.50 bits per heavy atom. The van der Waals surface area contributed by atoms with Gasteiger partial charge in [0.05, 0.1) is 13.1 Å². The number of benzene rings is 2. The van der Waals surface area contributed by atoms with Crippen molar-refractivity contribution in [2.24, 2.45) is 0 Å². The van der Waals surface area contributed by atoms with E-state index in [1.165, 1.54) is 37.4 Å². The predicted molar refractivity (Wildman–Crippen MR) is 255 cm³/mol. The molecule has 13 nitrogen and oxygen atoms in total. The molecule has 0 unspecified atom stereocenters. The second-order valence-corrected chi connectivity index (χ2v) is 23.5. The van der Waals surface area contributed by atoms with Crippen LogP contribution in [-0.2, 0) is 46.1 Å². The SMILES string of the molecule is O=C(NCc1ccc(S(=O)(=O)N2CCN(CCc3cccs3)CC2)s1)c1ccc(Cl)cc1.O=C(NCc1ccc(S(=O)(=O)N2CCN(Cc3ccncc3)CC2)s1)c1ccc(Cl)cc1. The maximum Gasteiger partial charge on any atom is 0.252 e. The molecule has 20 heteroatoms. The lowest BCUT2D eigenvalue weighted by molar-refractivity contribution is 0.0943. The van der Waals surface area contributed by atoms with Crippen molar-refractivity contribution in [1.29, 1.82) is 0 Å². The molecule has 8 rings (SSSR count). The molecular formula is C44H47Cl2N7O6S5. The van der Waals surface area contributed by atoms with Gasteiger partial charge >= 0.3 is 0 Å². The Morgan fingerprint density at radius 2 is 1.05 bits per heavy atom. The summed E-state index contributed by atoms with van der Waals surface area (Å²) >= 11 is 15.9. The van der Waals surface area contributed by atoms with Crippen LogP contribution in [0.3, 0.4) is 0 Å². The standard InChI is InChI=1S/C22H23ClN4O3S2.C22H24ClN3O3S3/c23-19-3-1-18(2-4-19)22(28)25-15-20-5-6-21(31-20)32(29,30)27-13-11-26(12-14-27)16-17-7-9-24-10-8-17;23-18-5-3-17(4-6-18)22(27)24-16-20-7-8-21(31-20)32(28,29)26-13-11-25(12-14-26)10-9-19-2-1-15-30-19/h1-10H,11-16H2,(H,25,28);1-8,15H,9-14,16H2,(H,24,27). The summed E-state index contributed by atoms with van der Waals surface area (Å²) in [7, 11) is -7.06. The van der Waals surface area contributed by atoms with Crippen molar-refractivity contribution in [1.82, 2.24) is 34.0 Å². The van der Waals surface area contributed by atoms with Crippen LogP contribution in [0.5, 0.6) is 0 Å². The Kier molecular flexibility index (Phi) is 16.8. The van der Waals surface area contributed by atoms with E-state index in [1.807, 2.05) is 12.1 Å². The lowest BCUT2D eigenvalue weighted by atomic mass is 10.2. The minimum Gasteiger partial charge on any atom is -0.347 e. The largest absolute Gasteiger partial charge is 0.347 e. The van der Waals surface area contributed by atoms with Crippen LogP contribution < -0.4 is 10.6 Å². The van der Waals surface area contributed by atoms with Crippen molar-refractivity contribution < 1.29 is 26.4 Å². The van der Waals surface area contributed by atoms with Gasteiger partial charge in [0.2, 0.25) is 0 Å². The van der Waals surface area contributed by atoms with Gasteiger partial charge in [-0.1, -0.05) is 29.3 Å². The lowest BCUT2D eigenvalue weighted by Crippen LogP contribution is -2.48. The van der Waals surface area contributed by atoms with E-state index in [0.717, 1.165) is 42.4 Å². The molecule has 2 saturated heterocycles. The third-order valence-electron chi connectivity index (χ3n) is 10.6. The number of nitrogens with zero attached hydrogens (tertiary/aromatic N) is 5. The summed E-state index contributed by atoms with van der Waals surface area (Å²) in [5, 5.41) is 8.85. The number of carbonyl (C=O) groups excluding carboxylic acids is 2. The highest BCUT2D eigenvalue weighted by Gasteiger charge is 2.31. The smallest absolute Gasteiger partial charge is 0.252 e. The average Bonchev–Trinajstić information content (AvgIpc) is 4.12. The molecule has 0 spiro atoms. The van der Waals surface area contributed by atoms with Gasteiger partial charge in [-0.25, -0.2) is 16.8 Å². The number of thiophene rings is 3. The minimum atomic E-state index is -3.55. The van der Waals surface area contributed by atoms with E-state index in [9.17, 15) is 26.4 Å². The third-order valence-corrected chi connectivity index (χ3v) is 18.9. The molecule has 6 heterocycles. The number of halogens is 2. The van der Waals surface area contributed by atoms with Gasteiger partial charge in [-0.15, -0.1) is 34.0 Å². The van der Waals surface area contributed by atoms with Crippen LogP contribution in [0.4, 0.5) is 0 Å². The first-order valence-corrected chi connectivity index (χ1v) is 26.6. The number of hydrogen-bond acceptors (Lipinski definition) is 12. The molecule has 2 aliphatic heterocycles. The molecule has 2 aromatic carbocycles. The number of piperazine rings is 2. The highest BCUT2D eigenvalue weighted by molar-refractivity contribution is 7.91. The highest BCUT2D eigenvalue weighted by Crippen LogP contribution is 2.28. The zero-order chi connectivity index (χ0) is 45.1. The van der Waals surface area contributed by atoms with Gasteiger partial charge in [-0.05, 0) is 108 Å². The molecule has 0 saturated carbocycles. The summed E-state index contributed by atoms with van der Waals surface area (Å²) < 4.78 is 56.0. The number of aromatic nitrogens is 1. The molecule has 0 bridgehead atoms. The van der Waals surface area contributed by atoms with E-state index in [1.54, 1.807) is 101 Å². The summed E-state index contributed by atoms with van der Waals surface area (Å²) in [6, 6.07) is 28.1. The second-order valence-electron chi connectivity index (χ2n) is 14.9. The van der Waals surface area contributed by atoms with E-state index in [0.29, 0.717) is 68.9 Å². The fourth-order valence-electron chi connectivity index (χ4n) is 6.97. The first-order valence-electron chi connectivity index (χ1n) is 20.4. The third kappa shape index (κ3) is 13.1. The number of sulfonamides is 2. The van der Waals surface area contributed by atoms with Crippen LogP contribution in [0.1, 0.15) is 40.9 Å². The van der Waals surface area contributed by atoms with E-state index in [4.69, 9.17) is 23.2 Å². The molecule has 2 fully saturated rings. The molecule has 338 valence electrons. The second kappa shape index (κ2) is 22.4. The van der Waals surface area contributed by atoms with Crippen molar-refractivity contribution in [2.45, 2.75) is 34.5 Å². The number of amides is 2. The highest BCUT2D eigenvalue weighted by atomic mass is 35.5. The van der Waals surface area contributed by atoms with Gasteiger partial charge in [-0.2, -0.15) is 8.61 Å². The molecule has 4 aromatic heterocycles. The van der Waals surface area contributed by atoms with Crippen molar-refractivity contribution >= 4 is 89.1 Å². The van der Waals surface area contributed by atoms with Crippen molar-refractivity contribution in [3.05, 3.63) is 156 Å². The molecular weight excluding hydrogens is 954 g/mol. The Balaban J connectivity index is 0.000000191. The molecule has 2 aliphatic rings. The summed E-state index contributed by atoms with van der Waals surface area (Å²) in [4.78, 5) is 36.0. The normalized spacial score (nSPS) is 15.6. The van der Waals surface area contributed by atoms with Crippen molar-refractivity contribution in [3.8, 4) is 0 Å². The first-order chi connectivity index (χ1) is 30.8. The van der Waals surface area contributed by atoms with Crippen LogP contribution in [0, 0.1) is 0 Å².